The van der Waals surface area contributed by atoms with E-state index < -0.39 is 0 Å². The molecule has 0 saturated heterocycles. The molecule has 0 atom stereocenters. The largest absolute Gasteiger partial charge is 0.192 e. The standard InChI is InChI=1S/2C7H5NS/c8-5-6-2-1-3-7(9)4-6;8-5-6-3-1-2-4-7(6)9/h2*1-4,9H. The molecule has 88 valence electrons. The van der Waals surface area contributed by atoms with Crippen LogP contribution >= 0.6 is 25.3 Å². The number of thiol groups is 2. The van der Waals surface area contributed by atoms with Crippen LogP contribution in [0.3, 0.4) is 0 Å². The monoisotopic (exact) mass is 270 g/mol. The summed E-state index contributed by atoms with van der Waals surface area (Å²) in [7, 11) is 0. The number of nitriles is 2. The van der Waals surface area contributed by atoms with Gasteiger partial charge in [-0.15, -0.1) is 25.3 Å². The van der Waals surface area contributed by atoms with Crippen molar-refractivity contribution in [1.29, 1.82) is 10.5 Å². The minimum Gasteiger partial charge on any atom is -0.192 e. The molecule has 2 rings (SSSR count). The van der Waals surface area contributed by atoms with Gasteiger partial charge < -0.3 is 0 Å². The van der Waals surface area contributed by atoms with Gasteiger partial charge in [0, 0.05) is 9.79 Å². The normalized spacial score (nSPS) is 8.44. The summed E-state index contributed by atoms with van der Waals surface area (Å²) in [6.45, 7) is 0. The van der Waals surface area contributed by atoms with Crippen LogP contribution in [0, 0.1) is 22.7 Å². The van der Waals surface area contributed by atoms with Crippen molar-refractivity contribution in [2.24, 2.45) is 0 Å². The van der Waals surface area contributed by atoms with Gasteiger partial charge in [0.15, 0.2) is 0 Å². The third-order valence-corrected chi connectivity index (χ3v) is 2.67. The second-order valence-electron chi connectivity index (χ2n) is 3.29. The second kappa shape index (κ2) is 7.45. The maximum absolute atomic E-state index is 8.42. The Balaban J connectivity index is 0.000000180. The highest BCUT2D eigenvalue weighted by Crippen LogP contribution is 2.10. The van der Waals surface area contributed by atoms with E-state index in [1.54, 1.807) is 30.3 Å². The summed E-state index contributed by atoms with van der Waals surface area (Å²) in [5.74, 6) is 0. The van der Waals surface area contributed by atoms with Crippen molar-refractivity contribution in [2.75, 3.05) is 0 Å². The third-order valence-electron chi connectivity index (χ3n) is 2.00. The fourth-order valence-electron chi connectivity index (χ4n) is 1.14. The first-order valence-electron chi connectivity index (χ1n) is 5.04. The average Bonchev–Trinajstić information content (AvgIpc) is 2.40. The maximum Gasteiger partial charge on any atom is 0.100 e. The lowest BCUT2D eigenvalue weighted by Crippen LogP contribution is -1.73. The quantitative estimate of drug-likeness (QED) is 0.717. The molecular formula is C14H10N2S2. The molecule has 18 heavy (non-hydrogen) atoms. The fraction of sp³-hybridized carbons (Fsp3) is 0. The molecule has 0 radical (unpaired) electrons. The minimum absolute atomic E-state index is 0.626. The number of rotatable bonds is 0. The number of nitrogens with zero attached hydrogens (tertiary/aromatic N) is 2. The molecule has 0 fully saturated rings. The summed E-state index contributed by atoms with van der Waals surface area (Å²) in [6.07, 6.45) is 0. The highest BCUT2D eigenvalue weighted by molar-refractivity contribution is 7.80. The fourth-order valence-corrected chi connectivity index (χ4v) is 1.58. The first-order chi connectivity index (χ1) is 8.67. The van der Waals surface area contributed by atoms with Crippen molar-refractivity contribution in [3.8, 4) is 12.1 Å². The summed E-state index contributed by atoms with van der Waals surface area (Å²) < 4.78 is 0. The third kappa shape index (κ3) is 4.55. The van der Waals surface area contributed by atoms with Gasteiger partial charge in [-0.3, -0.25) is 0 Å². The first-order valence-corrected chi connectivity index (χ1v) is 5.94. The Kier molecular flexibility index (Phi) is 5.87. The van der Waals surface area contributed by atoms with Gasteiger partial charge >= 0.3 is 0 Å². The van der Waals surface area contributed by atoms with E-state index in [1.807, 2.05) is 30.3 Å². The summed E-state index contributed by atoms with van der Waals surface area (Å²) >= 11 is 8.11. The van der Waals surface area contributed by atoms with Crippen molar-refractivity contribution in [1.82, 2.24) is 0 Å². The van der Waals surface area contributed by atoms with Gasteiger partial charge in [-0.25, -0.2) is 0 Å². The van der Waals surface area contributed by atoms with E-state index in [0.717, 1.165) is 9.79 Å². The lowest BCUT2D eigenvalue weighted by atomic mass is 10.2. The molecule has 0 bridgehead atoms. The van der Waals surface area contributed by atoms with Crippen LogP contribution in [0.5, 0.6) is 0 Å². The van der Waals surface area contributed by atoms with E-state index >= 15 is 0 Å². The molecule has 0 amide bonds. The molecule has 2 nitrogen and oxygen atoms in total. The summed E-state index contributed by atoms with van der Waals surface area (Å²) in [6, 6.07) is 18.4. The molecule has 0 N–H and O–H groups in total. The minimum atomic E-state index is 0.626. The van der Waals surface area contributed by atoms with Crippen LogP contribution in [0.15, 0.2) is 58.3 Å². The highest BCUT2D eigenvalue weighted by Gasteiger charge is 1.91. The molecule has 2 aromatic rings. The van der Waals surface area contributed by atoms with Gasteiger partial charge in [0.1, 0.15) is 6.07 Å². The molecule has 0 spiro atoms. The van der Waals surface area contributed by atoms with Gasteiger partial charge in [0.2, 0.25) is 0 Å². The van der Waals surface area contributed by atoms with E-state index in [1.165, 1.54) is 0 Å². The molecule has 0 saturated carbocycles. The van der Waals surface area contributed by atoms with Crippen LogP contribution < -0.4 is 0 Å². The predicted molar refractivity (Wildman–Crippen MR) is 76.8 cm³/mol. The molecule has 0 heterocycles. The topological polar surface area (TPSA) is 47.6 Å². The first kappa shape index (κ1) is 14.2. The van der Waals surface area contributed by atoms with Crippen LogP contribution in [0.4, 0.5) is 0 Å². The summed E-state index contributed by atoms with van der Waals surface area (Å²) in [5.41, 5.74) is 1.28. The molecule has 0 aliphatic carbocycles. The SMILES string of the molecule is N#Cc1cccc(S)c1.N#Cc1ccccc1S. The Bertz CT molecular complexity index is 610. The highest BCUT2D eigenvalue weighted by atomic mass is 32.1. The lowest BCUT2D eigenvalue weighted by molar-refractivity contribution is 1.38. The number of hydrogen-bond donors (Lipinski definition) is 2. The summed E-state index contributed by atoms with van der Waals surface area (Å²) in [4.78, 5) is 1.56. The second-order valence-corrected chi connectivity index (χ2v) is 4.29. The van der Waals surface area contributed by atoms with Crippen molar-refractivity contribution in [2.45, 2.75) is 9.79 Å². The zero-order valence-corrected chi connectivity index (χ0v) is 11.2. The van der Waals surface area contributed by atoms with Gasteiger partial charge in [-0.05, 0) is 30.3 Å². The molecule has 4 heteroatoms. The van der Waals surface area contributed by atoms with Gasteiger partial charge in [0.05, 0.1) is 17.2 Å². The van der Waals surface area contributed by atoms with Crippen LogP contribution in [0.25, 0.3) is 0 Å². The molecule has 0 aliphatic rings. The molecule has 0 unspecified atom stereocenters. The molecule has 2 aromatic carbocycles. The van der Waals surface area contributed by atoms with E-state index in [-0.39, 0.29) is 0 Å². The molecule has 0 aromatic heterocycles. The Hall–Kier alpha value is -1.88. The Morgan fingerprint density at radius 2 is 1.56 bits per heavy atom. The zero-order valence-electron chi connectivity index (χ0n) is 9.41. The van der Waals surface area contributed by atoms with Crippen molar-refractivity contribution < 1.29 is 0 Å². The van der Waals surface area contributed by atoms with Crippen molar-refractivity contribution in [3.63, 3.8) is 0 Å². The van der Waals surface area contributed by atoms with Gasteiger partial charge in [-0.2, -0.15) is 10.5 Å². The Morgan fingerprint density at radius 1 is 0.833 bits per heavy atom. The van der Waals surface area contributed by atoms with Crippen molar-refractivity contribution in [3.05, 3.63) is 59.7 Å². The Labute approximate surface area is 117 Å². The van der Waals surface area contributed by atoms with Crippen LogP contribution in [0.2, 0.25) is 0 Å². The van der Waals surface area contributed by atoms with Crippen LogP contribution in [-0.4, -0.2) is 0 Å². The van der Waals surface area contributed by atoms with E-state index in [2.05, 4.69) is 25.3 Å². The zero-order chi connectivity index (χ0) is 13.4. The predicted octanol–water partition coefficient (Wildman–Crippen LogP) is 3.69. The maximum atomic E-state index is 8.42. The van der Waals surface area contributed by atoms with Gasteiger partial charge in [0.25, 0.3) is 0 Å². The molecular weight excluding hydrogens is 260 g/mol. The van der Waals surface area contributed by atoms with Gasteiger partial charge in [-0.1, -0.05) is 18.2 Å². The molecule has 0 aliphatic heterocycles. The number of benzene rings is 2. The van der Waals surface area contributed by atoms with Crippen molar-refractivity contribution >= 4 is 25.3 Å². The van der Waals surface area contributed by atoms with Crippen LogP contribution in [-0.2, 0) is 0 Å². The summed E-state index contributed by atoms with van der Waals surface area (Å²) in [5, 5.41) is 16.8. The lowest BCUT2D eigenvalue weighted by Gasteiger charge is -1.89. The Morgan fingerprint density at radius 3 is 2.00 bits per heavy atom. The number of hydrogen-bond acceptors (Lipinski definition) is 4. The average molecular weight is 270 g/mol. The van der Waals surface area contributed by atoms with E-state index in [0.29, 0.717) is 11.1 Å². The van der Waals surface area contributed by atoms with E-state index in [4.69, 9.17) is 10.5 Å². The van der Waals surface area contributed by atoms with E-state index in [9.17, 15) is 0 Å². The smallest absolute Gasteiger partial charge is 0.100 e. The van der Waals surface area contributed by atoms with Crippen LogP contribution in [0.1, 0.15) is 11.1 Å².